The van der Waals surface area contributed by atoms with Crippen LogP contribution < -0.4 is 9.46 Å². The number of unbranched alkanes of at least 4 members (excludes halogenated alkanes) is 1. The molecular formula is C20H24N4O5S. The van der Waals surface area contributed by atoms with Crippen molar-refractivity contribution in [2.75, 3.05) is 13.2 Å². The second kappa shape index (κ2) is 13.3. The van der Waals surface area contributed by atoms with Gasteiger partial charge in [-0.3, -0.25) is 9.35 Å². The third kappa shape index (κ3) is 9.06. The Labute approximate surface area is 177 Å². The average molecular weight is 433 g/mol. The zero-order chi connectivity index (χ0) is 21.6. The van der Waals surface area contributed by atoms with Crippen LogP contribution in [0.25, 0.3) is 10.4 Å². The summed E-state index contributed by atoms with van der Waals surface area (Å²) in [5.74, 6) is 0.0611. The molecule has 2 atom stereocenters. The van der Waals surface area contributed by atoms with E-state index < -0.39 is 23.3 Å². The number of esters is 1. The Kier molecular flexibility index (Phi) is 10.4. The standard InChI is InChI=1S/C20H24N4O5S/c21-24-22-12-4-5-13-28-18-10-8-16(9-11-18)14-19(23-30(26)27)20(25)29-15-17-6-2-1-3-7-17/h1-3,6-11,19,23H,4-5,12-15H2,(H,26,27). The number of carbonyl (C=O) groups excluding carboxylic acids is 1. The van der Waals surface area contributed by atoms with Gasteiger partial charge in [-0.2, -0.15) is 4.72 Å². The van der Waals surface area contributed by atoms with Gasteiger partial charge in [0.25, 0.3) is 0 Å². The summed E-state index contributed by atoms with van der Waals surface area (Å²) in [4.78, 5) is 15.1. The maximum Gasteiger partial charge on any atom is 0.324 e. The van der Waals surface area contributed by atoms with E-state index in [0.29, 0.717) is 18.9 Å². The highest BCUT2D eigenvalue weighted by atomic mass is 32.2. The second-order valence-electron chi connectivity index (χ2n) is 6.37. The summed E-state index contributed by atoms with van der Waals surface area (Å²) in [5, 5.41) is 3.46. The van der Waals surface area contributed by atoms with E-state index in [1.165, 1.54) is 0 Å². The van der Waals surface area contributed by atoms with Gasteiger partial charge in [-0.15, -0.1) is 0 Å². The van der Waals surface area contributed by atoms with Gasteiger partial charge in [0.15, 0.2) is 0 Å². The van der Waals surface area contributed by atoms with Crippen molar-refractivity contribution >= 4 is 17.2 Å². The van der Waals surface area contributed by atoms with E-state index in [4.69, 9.17) is 19.6 Å². The molecule has 30 heavy (non-hydrogen) atoms. The van der Waals surface area contributed by atoms with Crippen LogP contribution in [-0.2, 0) is 33.8 Å². The van der Waals surface area contributed by atoms with Gasteiger partial charge in [-0.1, -0.05) is 47.6 Å². The molecule has 2 N–H and O–H groups in total. The SMILES string of the molecule is [N-]=[N+]=NCCCCOc1ccc(CC(NS(=O)O)C(=O)OCc2ccccc2)cc1. The summed E-state index contributed by atoms with van der Waals surface area (Å²) in [6.45, 7) is 1.03. The molecule has 2 aromatic rings. The predicted octanol–water partition coefficient (Wildman–Crippen LogP) is 3.54. The normalized spacial score (nSPS) is 12.4. The van der Waals surface area contributed by atoms with Crippen molar-refractivity contribution in [2.45, 2.75) is 31.9 Å². The summed E-state index contributed by atoms with van der Waals surface area (Å²) >= 11 is -2.36. The Balaban J connectivity index is 1.86. The Bertz CT molecular complexity index is 857. The monoisotopic (exact) mass is 432 g/mol. The highest BCUT2D eigenvalue weighted by molar-refractivity contribution is 7.77. The minimum atomic E-state index is -2.36. The first kappa shape index (κ1) is 23.4. The summed E-state index contributed by atoms with van der Waals surface area (Å²) in [6.07, 6.45) is 1.70. The van der Waals surface area contributed by atoms with Crippen LogP contribution in [0, 0.1) is 0 Å². The number of azide groups is 1. The van der Waals surface area contributed by atoms with Crippen LogP contribution in [0.4, 0.5) is 0 Å². The van der Waals surface area contributed by atoms with Crippen molar-refractivity contribution in [3.05, 3.63) is 76.2 Å². The zero-order valence-corrected chi connectivity index (χ0v) is 17.2. The van der Waals surface area contributed by atoms with Gasteiger partial charge in [0.2, 0.25) is 11.3 Å². The van der Waals surface area contributed by atoms with Crippen LogP contribution in [0.5, 0.6) is 5.75 Å². The van der Waals surface area contributed by atoms with Crippen molar-refractivity contribution in [2.24, 2.45) is 5.11 Å². The summed E-state index contributed by atoms with van der Waals surface area (Å²) in [6, 6.07) is 15.3. The third-order valence-corrected chi connectivity index (χ3v) is 4.59. The van der Waals surface area contributed by atoms with Crippen LogP contribution >= 0.6 is 0 Å². The van der Waals surface area contributed by atoms with Gasteiger partial charge in [-0.25, -0.2) is 4.21 Å². The lowest BCUT2D eigenvalue weighted by Gasteiger charge is -2.16. The van der Waals surface area contributed by atoms with E-state index in [1.807, 2.05) is 30.3 Å². The van der Waals surface area contributed by atoms with Crippen molar-refractivity contribution in [3.63, 3.8) is 0 Å². The van der Waals surface area contributed by atoms with Crippen LogP contribution in [0.2, 0.25) is 0 Å². The maximum absolute atomic E-state index is 12.4. The fourth-order valence-electron chi connectivity index (χ4n) is 2.60. The lowest BCUT2D eigenvalue weighted by Crippen LogP contribution is -2.40. The summed E-state index contributed by atoms with van der Waals surface area (Å²) in [5.41, 5.74) is 9.83. The van der Waals surface area contributed by atoms with Crippen LogP contribution in [0.1, 0.15) is 24.0 Å². The first-order chi connectivity index (χ1) is 14.6. The molecule has 0 amide bonds. The van der Waals surface area contributed by atoms with E-state index in [-0.39, 0.29) is 13.0 Å². The fraction of sp³-hybridized carbons (Fsp3) is 0.350. The molecule has 0 spiro atoms. The van der Waals surface area contributed by atoms with Crippen molar-refractivity contribution in [3.8, 4) is 5.75 Å². The second-order valence-corrected chi connectivity index (χ2v) is 7.11. The molecular weight excluding hydrogens is 408 g/mol. The zero-order valence-electron chi connectivity index (χ0n) is 16.3. The van der Waals surface area contributed by atoms with E-state index in [0.717, 1.165) is 24.0 Å². The number of nitrogens with one attached hydrogen (secondary N) is 1. The minimum absolute atomic E-state index is 0.0857. The number of nitrogens with zero attached hydrogens (tertiary/aromatic N) is 3. The molecule has 0 aliphatic heterocycles. The fourth-order valence-corrected chi connectivity index (χ4v) is 3.02. The molecule has 0 aromatic heterocycles. The van der Waals surface area contributed by atoms with E-state index in [1.54, 1.807) is 24.3 Å². The molecule has 0 aliphatic rings. The third-order valence-electron chi connectivity index (χ3n) is 4.10. The van der Waals surface area contributed by atoms with Gasteiger partial charge in [0.05, 0.1) is 6.61 Å². The number of benzene rings is 2. The lowest BCUT2D eigenvalue weighted by molar-refractivity contribution is -0.147. The number of carbonyl (C=O) groups is 1. The van der Waals surface area contributed by atoms with Crippen molar-refractivity contribution < 1.29 is 23.0 Å². The van der Waals surface area contributed by atoms with E-state index >= 15 is 0 Å². The minimum Gasteiger partial charge on any atom is -0.494 e. The predicted molar refractivity (Wildman–Crippen MR) is 113 cm³/mol. The molecule has 0 saturated carbocycles. The Hall–Kier alpha value is -2.91. The highest BCUT2D eigenvalue weighted by Gasteiger charge is 2.22. The number of hydrogen-bond acceptors (Lipinski definition) is 5. The van der Waals surface area contributed by atoms with Crippen LogP contribution in [-0.4, -0.2) is 33.9 Å². The summed E-state index contributed by atoms with van der Waals surface area (Å²) < 4.78 is 33.6. The molecule has 2 aromatic carbocycles. The Morgan fingerprint density at radius 1 is 1.13 bits per heavy atom. The molecule has 10 heteroatoms. The molecule has 0 aliphatic carbocycles. The number of hydrogen-bond donors (Lipinski definition) is 2. The van der Waals surface area contributed by atoms with E-state index in [9.17, 15) is 9.00 Å². The first-order valence-corrected chi connectivity index (χ1v) is 10.5. The topological polar surface area (TPSA) is 134 Å². The lowest BCUT2D eigenvalue weighted by atomic mass is 10.1. The first-order valence-electron chi connectivity index (χ1n) is 9.38. The van der Waals surface area contributed by atoms with Crippen molar-refractivity contribution in [1.29, 1.82) is 0 Å². The Morgan fingerprint density at radius 2 is 1.87 bits per heavy atom. The van der Waals surface area contributed by atoms with Gasteiger partial charge >= 0.3 is 5.97 Å². The quantitative estimate of drug-likeness (QED) is 0.125. The molecule has 0 fully saturated rings. The molecule has 2 rings (SSSR count). The number of rotatable bonds is 13. The largest absolute Gasteiger partial charge is 0.494 e. The van der Waals surface area contributed by atoms with Crippen LogP contribution in [0.3, 0.4) is 0 Å². The van der Waals surface area contributed by atoms with Gasteiger partial charge in [-0.05, 0) is 48.1 Å². The molecule has 0 saturated heterocycles. The molecule has 0 radical (unpaired) electrons. The van der Waals surface area contributed by atoms with Gasteiger partial charge in [0.1, 0.15) is 18.4 Å². The van der Waals surface area contributed by atoms with Gasteiger partial charge < -0.3 is 9.47 Å². The number of ether oxygens (including phenoxy) is 2. The van der Waals surface area contributed by atoms with Gasteiger partial charge in [0, 0.05) is 11.5 Å². The summed E-state index contributed by atoms with van der Waals surface area (Å²) in [7, 11) is 0. The highest BCUT2D eigenvalue weighted by Crippen LogP contribution is 2.15. The molecule has 9 nitrogen and oxygen atoms in total. The Morgan fingerprint density at radius 3 is 2.53 bits per heavy atom. The average Bonchev–Trinajstić information content (AvgIpc) is 2.75. The van der Waals surface area contributed by atoms with Crippen molar-refractivity contribution in [1.82, 2.24) is 4.72 Å². The molecule has 0 heterocycles. The van der Waals surface area contributed by atoms with Crippen LogP contribution in [0.15, 0.2) is 59.7 Å². The molecule has 0 bridgehead atoms. The van der Waals surface area contributed by atoms with E-state index in [2.05, 4.69) is 14.7 Å². The molecule has 2 unspecified atom stereocenters. The maximum atomic E-state index is 12.4. The smallest absolute Gasteiger partial charge is 0.324 e. The molecule has 160 valence electrons.